The minimum absolute atomic E-state index is 1.01. The molecule has 0 radical (unpaired) electrons. The van der Waals surface area contributed by atoms with Crippen LogP contribution >= 0.6 is 23.3 Å². The zero-order valence-electron chi connectivity index (χ0n) is 12.6. The Morgan fingerprint density at radius 1 is 1.00 bits per heavy atom. The summed E-state index contributed by atoms with van der Waals surface area (Å²) in [6, 6.07) is 14.3. The molecular formula is C18H15N3S2. The van der Waals surface area contributed by atoms with Crippen LogP contribution < -0.4 is 0 Å². The maximum Gasteiger partial charge on any atom is 0.116 e. The molecule has 3 nitrogen and oxygen atoms in total. The summed E-state index contributed by atoms with van der Waals surface area (Å²) in [6.07, 6.45) is 7.44. The van der Waals surface area contributed by atoms with Gasteiger partial charge < -0.3 is 0 Å². The van der Waals surface area contributed by atoms with E-state index in [0.29, 0.717) is 0 Å². The summed E-state index contributed by atoms with van der Waals surface area (Å²) >= 11 is 3.21. The SMILES string of the molecule is C1=Cc2ccccc2SN=C1.Cc1cc(-c2cccs2)ncn1. The largest absolute Gasteiger partial charge is 0.242 e. The highest BCUT2D eigenvalue weighted by molar-refractivity contribution is 7.98. The number of aryl methyl sites for hydroxylation is 1. The van der Waals surface area contributed by atoms with Crippen LogP contribution in [0.4, 0.5) is 0 Å². The number of benzene rings is 1. The molecule has 114 valence electrons. The van der Waals surface area contributed by atoms with Crippen LogP contribution in [0.2, 0.25) is 0 Å². The van der Waals surface area contributed by atoms with Crippen molar-refractivity contribution in [3.8, 4) is 10.6 Å². The topological polar surface area (TPSA) is 38.1 Å². The second-order valence-electron chi connectivity index (χ2n) is 4.76. The average Bonchev–Trinajstić information content (AvgIpc) is 3.01. The molecule has 1 aliphatic heterocycles. The fourth-order valence-corrected chi connectivity index (χ4v) is 3.30. The third-order valence-electron chi connectivity index (χ3n) is 3.07. The number of rotatable bonds is 1. The van der Waals surface area contributed by atoms with Crippen molar-refractivity contribution in [1.29, 1.82) is 0 Å². The second kappa shape index (κ2) is 7.85. The van der Waals surface area contributed by atoms with E-state index in [0.717, 1.165) is 11.4 Å². The van der Waals surface area contributed by atoms with Gasteiger partial charge in [-0.25, -0.2) is 14.4 Å². The fourth-order valence-electron chi connectivity index (χ4n) is 1.98. The number of allylic oxidation sites excluding steroid dienone is 1. The van der Waals surface area contributed by atoms with Gasteiger partial charge in [0.05, 0.1) is 10.6 Å². The van der Waals surface area contributed by atoms with Gasteiger partial charge in [0.25, 0.3) is 0 Å². The van der Waals surface area contributed by atoms with Crippen LogP contribution in [0.15, 0.2) is 69.5 Å². The van der Waals surface area contributed by atoms with Crippen molar-refractivity contribution in [3.05, 3.63) is 71.5 Å². The molecule has 0 atom stereocenters. The van der Waals surface area contributed by atoms with E-state index in [9.17, 15) is 0 Å². The fraction of sp³-hybridized carbons (Fsp3) is 0.0556. The normalized spacial score (nSPS) is 12.0. The van der Waals surface area contributed by atoms with Crippen molar-refractivity contribution in [2.75, 3.05) is 0 Å². The number of hydrogen-bond acceptors (Lipinski definition) is 5. The van der Waals surface area contributed by atoms with Crippen molar-refractivity contribution < 1.29 is 0 Å². The van der Waals surface area contributed by atoms with E-state index < -0.39 is 0 Å². The molecule has 0 saturated carbocycles. The summed E-state index contributed by atoms with van der Waals surface area (Å²) in [4.78, 5) is 10.6. The molecule has 2 aromatic heterocycles. The summed E-state index contributed by atoms with van der Waals surface area (Å²) in [7, 11) is 0. The Morgan fingerprint density at radius 2 is 1.91 bits per heavy atom. The lowest BCUT2D eigenvalue weighted by Crippen LogP contribution is -1.84. The van der Waals surface area contributed by atoms with Crippen molar-refractivity contribution in [3.63, 3.8) is 0 Å². The molecule has 0 unspecified atom stereocenters. The molecule has 0 amide bonds. The lowest BCUT2D eigenvalue weighted by molar-refractivity contribution is 1.11. The summed E-state index contributed by atoms with van der Waals surface area (Å²) in [6.45, 7) is 1.97. The second-order valence-corrected chi connectivity index (χ2v) is 6.55. The standard InChI is InChI=1S/C9H8N2S.C9H7NS/c1-7-5-8(11-6-10-7)9-3-2-4-12-9;1-2-6-9-8(4-1)5-3-7-10-11-9/h2-6H,1H3;1-7H. The van der Waals surface area contributed by atoms with Crippen molar-refractivity contribution in [2.24, 2.45) is 4.40 Å². The van der Waals surface area contributed by atoms with Gasteiger partial charge >= 0.3 is 0 Å². The zero-order valence-corrected chi connectivity index (χ0v) is 14.2. The third-order valence-corrected chi connectivity index (χ3v) is 4.76. The minimum atomic E-state index is 1.01. The molecule has 4 rings (SSSR count). The Labute approximate surface area is 144 Å². The highest BCUT2D eigenvalue weighted by atomic mass is 32.2. The van der Waals surface area contributed by atoms with Gasteiger partial charge in [0.1, 0.15) is 6.33 Å². The van der Waals surface area contributed by atoms with E-state index in [1.54, 1.807) is 17.7 Å². The minimum Gasteiger partial charge on any atom is -0.242 e. The van der Waals surface area contributed by atoms with Crippen LogP contribution in [0, 0.1) is 6.92 Å². The Morgan fingerprint density at radius 3 is 2.74 bits per heavy atom. The number of aromatic nitrogens is 2. The van der Waals surface area contributed by atoms with Gasteiger partial charge in [-0.15, -0.1) is 11.3 Å². The molecule has 3 heterocycles. The van der Waals surface area contributed by atoms with Gasteiger partial charge in [-0.05, 0) is 42.1 Å². The molecular weight excluding hydrogens is 322 g/mol. The molecule has 3 aromatic rings. The Hall–Kier alpha value is -2.24. The zero-order chi connectivity index (χ0) is 15.9. The molecule has 0 saturated heterocycles. The summed E-state index contributed by atoms with van der Waals surface area (Å²) in [5.41, 5.74) is 3.26. The van der Waals surface area contributed by atoms with Crippen LogP contribution in [-0.4, -0.2) is 16.2 Å². The Bertz CT molecular complexity index is 824. The molecule has 1 aromatic carbocycles. The number of nitrogens with zero attached hydrogens (tertiary/aromatic N) is 3. The first-order chi connectivity index (χ1) is 11.3. The first kappa shape index (κ1) is 15.6. The lowest BCUT2D eigenvalue weighted by atomic mass is 10.2. The van der Waals surface area contributed by atoms with Crippen LogP contribution in [0.1, 0.15) is 11.3 Å². The molecule has 0 N–H and O–H groups in total. The van der Waals surface area contributed by atoms with E-state index in [4.69, 9.17) is 0 Å². The first-order valence-electron chi connectivity index (χ1n) is 7.11. The molecule has 5 heteroatoms. The lowest BCUT2D eigenvalue weighted by Gasteiger charge is -1.97. The van der Waals surface area contributed by atoms with Gasteiger partial charge in [-0.1, -0.05) is 30.3 Å². The highest BCUT2D eigenvalue weighted by Gasteiger charge is 1.99. The smallest absolute Gasteiger partial charge is 0.116 e. The van der Waals surface area contributed by atoms with Crippen molar-refractivity contribution >= 4 is 35.6 Å². The van der Waals surface area contributed by atoms with Gasteiger partial charge in [-0.2, -0.15) is 0 Å². The maximum atomic E-state index is 4.18. The van der Waals surface area contributed by atoms with Crippen molar-refractivity contribution in [2.45, 2.75) is 11.8 Å². The maximum absolute atomic E-state index is 4.18. The summed E-state index contributed by atoms with van der Waals surface area (Å²) < 4.78 is 4.12. The van der Waals surface area contributed by atoms with Crippen LogP contribution in [0.3, 0.4) is 0 Å². The predicted octanol–water partition coefficient (Wildman–Crippen LogP) is 5.30. The van der Waals surface area contributed by atoms with Crippen LogP contribution in [0.5, 0.6) is 0 Å². The summed E-state index contributed by atoms with van der Waals surface area (Å²) in [5, 5.41) is 2.05. The molecule has 0 aliphatic carbocycles. The highest BCUT2D eigenvalue weighted by Crippen LogP contribution is 2.25. The third kappa shape index (κ3) is 4.37. The van der Waals surface area contributed by atoms with E-state index in [2.05, 4.69) is 38.6 Å². The monoisotopic (exact) mass is 337 g/mol. The quantitative estimate of drug-likeness (QED) is 0.565. The molecule has 23 heavy (non-hydrogen) atoms. The molecule has 0 spiro atoms. The van der Waals surface area contributed by atoms with Crippen LogP contribution in [0.25, 0.3) is 16.6 Å². The van der Waals surface area contributed by atoms with Gasteiger partial charge in [0.2, 0.25) is 0 Å². The Balaban J connectivity index is 0.000000136. The van der Waals surface area contributed by atoms with E-state index in [-0.39, 0.29) is 0 Å². The van der Waals surface area contributed by atoms with Gasteiger partial charge in [0, 0.05) is 28.8 Å². The first-order valence-corrected chi connectivity index (χ1v) is 8.77. The van der Waals surface area contributed by atoms with E-state index in [1.807, 2.05) is 48.9 Å². The van der Waals surface area contributed by atoms with Gasteiger partial charge in [-0.3, -0.25) is 0 Å². The van der Waals surface area contributed by atoms with E-state index >= 15 is 0 Å². The number of hydrogen-bond donors (Lipinski definition) is 0. The average molecular weight is 337 g/mol. The van der Waals surface area contributed by atoms with Crippen molar-refractivity contribution in [1.82, 2.24) is 9.97 Å². The van der Waals surface area contributed by atoms with Gasteiger partial charge in [0.15, 0.2) is 0 Å². The molecule has 1 aliphatic rings. The summed E-state index contributed by atoms with van der Waals surface area (Å²) in [5.74, 6) is 0. The Kier molecular flexibility index (Phi) is 5.34. The molecule has 0 fully saturated rings. The van der Waals surface area contributed by atoms with E-state index in [1.165, 1.54) is 27.3 Å². The van der Waals surface area contributed by atoms with Crippen LogP contribution in [-0.2, 0) is 0 Å². The predicted molar refractivity (Wildman–Crippen MR) is 99.9 cm³/mol. The molecule has 0 bridgehead atoms. The number of fused-ring (bicyclic) bond motifs is 1. The number of thiophene rings is 1.